The van der Waals surface area contributed by atoms with Crippen molar-refractivity contribution in [2.24, 2.45) is 0 Å². The van der Waals surface area contributed by atoms with Gasteiger partial charge in [-0.25, -0.2) is 4.98 Å². The molecule has 0 spiro atoms. The number of carbonyl (C=O) groups is 2. The van der Waals surface area contributed by atoms with Gasteiger partial charge in [-0.2, -0.15) is 0 Å². The summed E-state index contributed by atoms with van der Waals surface area (Å²) in [4.78, 5) is 33.7. The fourth-order valence-corrected chi connectivity index (χ4v) is 3.80. The maximum absolute atomic E-state index is 13.0. The molecular formula is C21H24N4O2. The van der Waals surface area contributed by atoms with Crippen LogP contribution in [-0.2, 0) is 17.8 Å². The van der Waals surface area contributed by atoms with Crippen LogP contribution in [0.3, 0.4) is 0 Å². The molecule has 2 aromatic rings. The van der Waals surface area contributed by atoms with Gasteiger partial charge < -0.3 is 14.4 Å². The van der Waals surface area contributed by atoms with Gasteiger partial charge in [0.2, 0.25) is 5.91 Å². The van der Waals surface area contributed by atoms with Crippen molar-refractivity contribution in [3.05, 3.63) is 65.3 Å². The maximum atomic E-state index is 13.0. The van der Waals surface area contributed by atoms with Crippen LogP contribution in [0.1, 0.15) is 40.4 Å². The van der Waals surface area contributed by atoms with Gasteiger partial charge in [0.25, 0.3) is 5.91 Å². The van der Waals surface area contributed by atoms with E-state index in [2.05, 4.69) is 9.55 Å². The maximum Gasteiger partial charge on any atom is 0.254 e. The monoisotopic (exact) mass is 364 g/mol. The van der Waals surface area contributed by atoms with Crippen molar-refractivity contribution in [1.29, 1.82) is 0 Å². The second-order valence-electron chi connectivity index (χ2n) is 7.27. The van der Waals surface area contributed by atoms with E-state index < -0.39 is 0 Å². The molecule has 140 valence electrons. The van der Waals surface area contributed by atoms with E-state index in [4.69, 9.17) is 0 Å². The first-order chi connectivity index (χ1) is 13.0. The van der Waals surface area contributed by atoms with Crippen LogP contribution in [0.5, 0.6) is 0 Å². The predicted octanol–water partition coefficient (Wildman–Crippen LogP) is 2.35. The lowest BCUT2D eigenvalue weighted by atomic mass is 10.1. The molecule has 0 aliphatic carbocycles. The number of nitrogens with zero attached hydrogens (tertiary/aromatic N) is 4. The van der Waals surface area contributed by atoms with Gasteiger partial charge in [-0.3, -0.25) is 9.59 Å². The Morgan fingerprint density at radius 1 is 1.19 bits per heavy atom. The minimum atomic E-state index is -0.121. The van der Waals surface area contributed by atoms with Gasteiger partial charge in [0, 0.05) is 37.9 Å². The SMILES string of the molecule is Cc1cccc(C(=O)N2CCn3cc(CC(=O)N4CC=CC4)nc3C2C)c1. The number of imidazole rings is 1. The zero-order valence-corrected chi connectivity index (χ0v) is 15.8. The van der Waals surface area contributed by atoms with Crippen LogP contribution in [0.25, 0.3) is 0 Å². The van der Waals surface area contributed by atoms with Gasteiger partial charge in [-0.15, -0.1) is 0 Å². The van der Waals surface area contributed by atoms with Crippen molar-refractivity contribution in [2.75, 3.05) is 19.6 Å². The highest BCUT2D eigenvalue weighted by Gasteiger charge is 2.30. The highest BCUT2D eigenvalue weighted by molar-refractivity contribution is 5.94. The van der Waals surface area contributed by atoms with E-state index in [1.165, 1.54) is 0 Å². The number of aromatic nitrogens is 2. The first kappa shape index (κ1) is 17.5. The molecule has 2 aliphatic heterocycles. The Hall–Kier alpha value is -2.89. The van der Waals surface area contributed by atoms with Crippen LogP contribution in [-0.4, -0.2) is 50.8 Å². The van der Waals surface area contributed by atoms with E-state index in [9.17, 15) is 9.59 Å². The fourth-order valence-electron chi connectivity index (χ4n) is 3.80. The molecule has 2 aliphatic rings. The third kappa shape index (κ3) is 3.39. The number of hydrogen-bond acceptors (Lipinski definition) is 3. The quantitative estimate of drug-likeness (QED) is 0.786. The Balaban J connectivity index is 1.50. The second-order valence-corrected chi connectivity index (χ2v) is 7.27. The molecule has 4 rings (SSSR count). The molecule has 6 heteroatoms. The summed E-state index contributed by atoms with van der Waals surface area (Å²) in [6.07, 6.45) is 6.28. The number of aryl methyl sites for hydroxylation is 1. The first-order valence-electron chi connectivity index (χ1n) is 9.39. The molecule has 0 saturated heterocycles. The standard InChI is InChI=1S/C21H24N4O2/c1-15-6-5-7-17(12-15)21(27)25-11-10-24-14-18(22-20(24)16(25)2)13-19(26)23-8-3-4-9-23/h3-7,12,14,16H,8-11,13H2,1-2H3. The Kier molecular flexibility index (Phi) is 4.56. The normalized spacial score (nSPS) is 18.7. The average molecular weight is 364 g/mol. The summed E-state index contributed by atoms with van der Waals surface area (Å²) < 4.78 is 2.08. The first-order valence-corrected chi connectivity index (χ1v) is 9.39. The Morgan fingerprint density at radius 3 is 2.70 bits per heavy atom. The van der Waals surface area contributed by atoms with Crippen molar-refractivity contribution in [3.63, 3.8) is 0 Å². The van der Waals surface area contributed by atoms with E-state index in [1.807, 2.05) is 66.3 Å². The highest BCUT2D eigenvalue weighted by atomic mass is 16.2. The molecule has 6 nitrogen and oxygen atoms in total. The summed E-state index contributed by atoms with van der Waals surface area (Å²) in [5.74, 6) is 0.974. The third-order valence-corrected chi connectivity index (χ3v) is 5.31. The molecule has 0 radical (unpaired) electrons. The molecule has 0 saturated carbocycles. The summed E-state index contributed by atoms with van der Waals surface area (Å²) in [5.41, 5.74) is 2.56. The molecule has 0 N–H and O–H groups in total. The number of benzene rings is 1. The van der Waals surface area contributed by atoms with Crippen molar-refractivity contribution >= 4 is 11.8 Å². The van der Waals surface area contributed by atoms with Crippen LogP contribution >= 0.6 is 0 Å². The second kappa shape index (κ2) is 7.02. The van der Waals surface area contributed by atoms with Crippen molar-refractivity contribution in [3.8, 4) is 0 Å². The minimum Gasteiger partial charge on any atom is -0.335 e. The van der Waals surface area contributed by atoms with E-state index in [-0.39, 0.29) is 17.9 Å². The van der Waals surface area contributed by atoms with Gasteiger partial charge in [-0.05, 0) is 26.0 Å². The lowest BCUT2D eigenvalue weighted by Gasteiger charge is -2.33. The summed E-state index contributed by atoms with van der Waals surface area (Å²) in [6, 6.07) is 7.56. The van der Waals surface area contributed by atoms with Gasteiger partial charge in [-0.1, -0.05) is 29.8 Å². The summed E-state index contributed by atoms with van der Waals surface area (Å²) in [6.45, 7) is 6.69. The van der Waals surface area contributed by atoms with Crippen molar-refractivity contribution in [2.45, 2.75) is 32.9 Å². The summed E-state index contributed by atoms with van der Waals surface area (Å²) >= 11 is 0. The molecule has 1 aromatic carbocycles. The summed E-state index contributed by atoms with van der Waals surface area (Å²) in [7, 11) is 0. The molecule has 0 bridgehead atoms. The Labute approximate surface area is 159 Å². The smallest absolute Gasteiger partial charge is 0.254 e. The molecule has 1 unspecified atom stereocenters. The number of fused-ring (bicyclic) bond motifs is 1. The van der Waals surface area contributed by atoms with Gasteiger partial charge in [0.05, 0.1) is 18.2 Å². The van der Waals surface area contributed by atoms with Crippen LogP contribution in [0.2, 0.25) is 0 Å². The van der Waals surface area contributed by atoms with Crippen LogP contribution in [0, 0.1) is 6.92 Å². The van der Waals surface area contributed by atoms with Crippen molar-refractivity contribution in [1.82, 2.24) is 19.4 Å². The topological polar surface area (TPSA) is 58.4 Å². The van der Waals surface area contributed by atoms with Crippen molar-refractivity contribution < 1.29 is 9.59 Å². The molecule has 1 atom stereocenters. The average Bonchev–Trinajstić information content (AvgIpc) is 3.31. The van der Waals surface area contributed by atoms with Crippen LogP contribution in [0.4, 0.5) is 0 Å². The molecule has 1 aromatic heterocycles. The zero-order valence-electron chi connectivity index (χ0n) is 15.8. The third-order valence-electron chi connectivity index (χ3n) is 5.31. The van der Waals surface area contributed by atoms with Crippen LogP contribution in [0.15, 0.2) is 42.6 Å². The summed E-state index contributed by atoms with van der Waals surface area (Å²) in [5, 5.41) is 0. The van der Waals surface area contributed by atoms with E-state index >= 15 is 0 Å². The molecule has 2 amide bonds. The number of carbonyl (C=O) groups excluding carboxylic acids is 2. The van der Waals surface area contributed by atoms with E-state index in [0.29, 0.717) is 38.2 Å². The minimum absolute atomic E-state index is 0.0289. The number of hydrogen-bond donors (Lipinski definition) is 0. The Bertz CT molecular complexity index is 907. The molecule has 3 heterocycles. The van der Waals surface area contributed by atoms with E-state index in [1.54, 1.807) is 0 Å². The molecule has 0 fully saturated rings. The number of rotatable bonds is 3. The molecular weight excluding hydrogens is 340 g/mol. The Morgan fingerprint density at radius 2 is 1.96 bits per heavy atom. The van der Waals surface area contributed by atoms with Crippen LogP contribution < -0.4 is 0 Å². The van der Waals surface area contributed by atoms with Gasteiger partial charge >= 0.3 is 0 Å². The van der Waals surface area contributed by atoms with Gasteiger partial charge in [0.15, 0.2) is 0 Å². The molecule has 27 heavy (non-hydrogen) atoms. The highest BCUT2D eigenvalue weighted by Crippen LogP contribution is 2.26. The predicted molar refractivity (Wildman–Crippen MR) is 102 cm³/mol. The lowest BCUT2D eigenvalue weighted by molar-refractivity contribution is -0.129. The fraction of sp³-hybridized carbons (Fsp3) is 0.381. The van der Waals surface area contributed by atoms with E-state index in [0.717, 1.165) is 17.1 Å². The lowest BCUT2D eigenvalue weighted by Crippen LogP contribution is -2.41. The number of amides is 2. The zero-order chi connectivity index (χ0) is 19.0. The largest absolute Gasteiger partial charge is 0.335 e. The van der Waals surface area contributed by atoms with Gasteiger partial charge in [0.1, 0.15) is 5.82 Å².